The minimum Gasteiger partial charge on any atom is -0.543 e. The SMILES string of the molecule is CC(C)c1ccc(C(C)C)c(CO)c1.CC(C)c1ccc(C(C)C)c(F)c1.CC(C)c1ccc(C(C)C)c2c1CO[Si]2(C)C.CC(C)c1ccc(C(C)C)c2c1C[Si](C)(C)O2.CC(C)c1ccc(C(C)C)c2sccc12.CC(C)c1ccc(C(C)C)cc1.Cc1cc(C(C)C)ccc1C(C)C.Cc1csc2c(C(C)C)ccc(C(C)C)c12. The fourth-order valence-corrected chi connectivity index (χ4v) is 23.1. The van der Waals surface area contributed by atoms with Crippen LogP contribution in [-0.4, -0.2) is 21.7 Å². The molecule has 4 heterocycles. The quantitative estimate of drug-likeness (QED) is 0.0924. The van der Waals surface area contributed by atoms with Gasteiger partial charge in [0.25, 0.3) is 0 Å². The Kier molecular flexibility index (Phi) is 39.5. The van der Waals surface area contributed by atoms with Crippen LogP contribution in [0.1, 0.15) is 433 Å². The lowest BCUT2D eigenvalue weighted by atomic mass is 9.91. The van der Waals surface area contributed by atoms with E-state index in [0.717, 1.165) is 23.3 Å². The highest BCUT2D eigenvalue weighted by molar-refractivity contribution is 7.17. The third-order valence-electron chi connectivity index (χ3n) is 23.3. The Labute approximate surface area is 726 Å². The van der Waals surface area contributed by atoms with Gasteiger partial charge in [0.2, 0.25) is 16.6 Å². The monoisotopic (exact) mass is 1660 g/mol. The molecular formula is C109H161FO3S2Si2. The van der Waals surface area contributed by atoms with Crippen LogP contribution < -0.4 is 9.61 Å². The van der Waals surface area contributed by atoms with Gasteiger partial charge in [-0.05, 0) is 290 Å². The molecule has 8 heteroatoms. The van der Waals surface area contributed by atoms with Crippen molar-refractivity contribution in [2.75, 3.05) is 0 Å². The third-order valence-corrected chi connectivity index (χ3v) is 30.0. The van der Waals surface area contributed by atoms with Gasteiger partial charge < -0.3 is 14.0 Å². The van der Waals surface area contributed by atoms with Gasteiger partial charge in [-0.15, -0.1) is 22.7 Å². The second kappa shape index (κ2) is 45.6. The summed E-state index contributed by atoms with van der Waals surface area (Å²) in [4.78, 5) is 0. The molecule has 0 atom stereocenters. The fourth-order valence-electron chi connectivity index (χ4n) is 16.0. The van der Waals surface area contributed by atoms with Crippen molar-refractivity contribution in [3.63, 3.8) is 0 Å². The third kappa shape index (κ3) is 27.9. The lowest BCUT2D eigenvalue weighted by Gasteiger charge is -2.22. The number of benzene rings is 8. The maximum atomic E-state index is 13.5. The summed E-state index contributed by atoms with van der Waals surface area (Å²) in [7, 11) is -3.14. The standard InChI is InChI=1S/2C15H24OSi.C15H20S.C14H18S.C13H20O.C13H20.C12H17F.C12H18/c1-10(2)12-7-8-13(11(3)4)15-14(12)9-17(5,6)16-15;1-10(2)12-7-8-13(11(3)4)15-14(12)9-16-17(15,5)6;1-9(2)12-6-7-13(10(3)4)15-14(12)11(5)8-16-15;1-9(2)11-5-6-12(10(3)4)14-13(11)7-8-15-14;1-9(2)11-5-6-13(10(3)4)12(7-11)8-14;1-9(2)12-6-7-13(10(3)4)11(5)8-12;1-8(2)10-5-6-11(9(3)4)12(13)7-10;1-9(2)11-5-7-12(8-6-11)10(3)4/h2*7-8,10-11H,9H2,1-6H3;6-10H,1-5H3;5-10H,1-4H3;5-7,9-10,14H,8H2,1-4H3;6-10H,1-5H3;5-9H,1-4H3;5-10H,1-4H3. The molecule has 0 spiro atoms. The summed E-state index contributed by atoms with van der Waals surface area (Å²) in [5, 5.41) is 18.3. The highest BCUT2D eigenvalue weighted by atomic mass is 32.1. The lowest BCUT2D eigenvalue weighted by Crippen LogP contribution is -2.42. The van der Waals surface area contributed by atoms with E-state index in [1.807, 2.05) is 48.7 Å². The molecule has 642 valence electrons. The number of hydrogen-bond donors (Lipinski definition) is 1. The lowest BCUT2D eigenvalue weighted by molar-refractivity contribution is 0.280. The summed E-state index contributed by atoms with van der Waals surface area (Å²) in [6.07, 6.45) is 0. The van der Waals surface area contributed by atoms with Crippen LogP contribution in [0.4, 0.5) is 4.39 Å². The van der Waals surface area contributed by atoms with Crippen LogP contribution in [0.25, 0.3) is 20.2 Å². The van der Waals surface area contributed by atoms with Gasteiger partial charge in [0.05, 0.1) is 13.2 Å². The van der Waals surface area contributed by atoms with Crippen molar-refractivity contribution in [3.05, 3.63) is 267 Å². The molecule has 8 aromatic carbocycles. The molecule has 1 N–H and O–H groups in total. The second-order valence-corrected chi connectivity index (χ2v) is 49.1. The predicted octanol–water partition coefficient (Wildman–Crippen LogP) is 34.8. The largest absolute Gasteiger partial charge is 0.543 e. The van der Waals surface area contributed by atoms with Crippen molar-refractivity contribution in [2.24, 2.45) is 0 Å². The minimum atomic E-state index is -1.65. The van der Waals surface area contributed by atoms with Crippen LogP contribution in [0, 0.1) is 19.7 Å². The van der Waals surface area contributed by atoms with Gasteiger partial charge >= 0.3 is 0 Å². The topological polar surface area (TPSA) is 38.7 Å². The van der Waals surface area contributed by atoms with E-state index in [2.05, 4.69) is 374 Å². The Morgan fingerprint density at radius 3 is 1.13 bits per heavy atom. The Balaban J connectivity index is 0.000000239. The van der Waals surface area contributed by atoms with Crippen molar-refractivity contribution >= 4 is 64.7 Å². The number of hydrogen-bond acceptors (Lipinski definition) is 5. The molecule has 0 saturated carbocycles. The number of aryl methyl sites for hydroxylation is 2. The average Bonchev–Trinajstić information content (AvgIpc) is 1.63. The molecule has 12 rings (SSSR count). The molecule has 0 aliphatic carbocycles. The Morgan fingerprint density at radius 2 is 0.701 bits per heavy atom. The molecule has 0 radical (unpaired) electrons. The highest BCUT2D eigenvalue weighted by Crippen LogP contribution is 2.44. The van der Waals surface area contributed by atoms with Gasteiger partial charge in [-0.1, -0.05) is 343 Å². The van der Waals surface area contributed by atoms with Gasteiger partial charge in [0.1, 0.15) is 11.6 Å². The van der Waals surface area contributed by atoms with E-state index in [1.165, 1.54) is 132 Å². The molecule has 0 amide bonds. The second-order valence-electron chi connectivity index (χ2n) is 39.4. The normalized spacial score (nSPS) is 13.3. The van der Waals surface area contributed by atoms with Crippen molar-refractivity contribution < 1.29 is 18.3 Å². The zero-order valence-electron chi connectivity index (χ0n) is 80.7. The molecule has 2 aliphatic rings. The molecule has 10 aromatic rings. The fraction of sp³-hybridized carbons (Fsp3) is 0.523. The minimum absolute atomic E-state index is 0.0683. The van der Waals surface area contributed by atoms with Crippen molar-refractivity contribution in [3.8, 4) is 5.75 Å². The summed E-state index contributed by atoms with van der Waals surface area (Å²) >= 11 is 3.77. The van der Waals surface area contributed by atoms with Crippen LogP contribution >= 0.6 is 22.7 Å². The molecule has 0 fully saturated rings. The predicted molar refractivity (Wildman–Crippen MR) is 527 cm³/mol. The summed E-state index contributed by atoms with van der Waals surface area (Å²) in [5.41, 5.74) is 29.0. The number of rotatable bonds is 17. The Bertz CT molecular complexity index is 4540. The Morgan fingerprint density at radius 1 is 0.342 bits per heavy atom. The van der Waals surface area contributed by atoms with Crippen molar-refractivity contribution in [1.82, 2.24) is 0 Å². The molecule has 3 nitrogen and oxygen atoms in total. The molecule has 117 heavy (non-hydrogen) atoms. The van der Waals surface area contributed by atoms with Gasteiger partial charge in [-0.3, -0.25) is 0 Å². The van der Waals surface area contributed by atoms with Crippen LogP contribution in [0.15, 0.2) is 144 Å². The molecular weight excluding hydrogens is 1500 g/mol. The first-order chi connectivity index (χ1) is 54.5. The van der Waals surface area contributed by atoms with E-state index in [-0.39, 0.29) is 18.3 Å². The van der Waals surface area contributed by atoms with Gasteiger partial charge in [-0.2, -0.15) is 0 Å². The van der Waals surface area contributed by atoms with E-state index in [1.54, 1.807) is 11.3 Å². The van der Waals surface area contributed by atoms with Crippen LogP contribution in [0.2, 0.25) is 26.2 Å². The maximum Gasteiger partial charge on any atom is 0.249 e. The number of aliphatic hydroxyl groups is 1. The van der Waals surface area contributed by atoms with Crippen LogP contribution in [-0.2, 0) is 23.7 Å². The average molecular weight is 1660 g/mol. The summed E-state index contributed by atoms with van der Waals surface area (Å²) in [5.74, 6) is 10.2. The summed E-state index contributed by atoms with van der Waals surface area (Å²) < 4.78 is 28.9. The van der Waals surface area contributed by atoms with Crippen LogP contribution in [0.3, 0.4) is 0 Å². The van der Waals surface area contributed by atoms with Crippen molar-refractivity contribution in [2.45, 2.75) is 376 Å². The number of fused-ring (bicyclic) bond motifs is 4. The maximum absolute atomic E-state index is 13.5. The number of aliphatic hydroxyl groups excluding tert-OH is 1. The zero-order chi connectivity index (χ0) is 88.3. The summed E-state index contributed by atoms with van der Waals surface area (Å²) in [6, 6.07) is 49.7. The van der Waals surface area contributed by atoms with Gasteiger partial charge in [0.15, 0.2) is 0 Å². The molecule has 2 aliphatic heterocycles. The van der Waals surface area contributed by atoms with E-state index in [4.69, 9.17) is 8.85 Å². The smallest absolute Gasteiger partial charge is 0.249 e. The molecule has 0 saturated heterocycles. The molecule has 0 unspecified atom stereocenters. The van der Waals surface area contributed by atoms with Crippen molar-refractivity contribution in [1.29, 1.82) is 0 Å². The first-order valence-corrected chi connectivity index (χ1v) is 52.7. The van der Waals surface area contributed by atoms with E-state index in [0.29, 0.717) is 88.8 Å². The molecule has 2 aromatic heterocycles. The first-order valence-electron chi connectivity index (χ1n) is 44.9. The zero-order valence-corrected chi connectivity index (χ0v) is 84.3. The first kappa shape index (κ1) is 101. The van der Waals surface area contributed by atoms with Crippen LogP contribution in [0.5, 0.6) is 5.75 Å². The molecule has 0 bridgehead atoms. The summed E-state index contributed by atoms with van der Waals surface area (Å²) in [6.45, 7) is 85.8. The number of halogens is 1. The Hall–Kier alpha value is -6.24. The van der Waals surface area contributed by atoms with Gasteiger partial charge in [0, 0.05) is 15.4 Å². The van der Waals surface area contributed by atoms with Gasteiger partial charge in [-0.25, -0.2) is 4.39 Å². The van der Waals surface area contributed by atoms with E-state index in [9.17, 15) is 9.50 Å². The number of thiophene rings is 2. The van der Waals surface area contributed by atoms with E-state index < -0.39 is 16.6 Å². The van der Waals surface area contributed by atoms with E-state index >= 15 is 0 Å². The highest BCUT2D eigenvalue weighted by Gasteiger charge is 2.39.